The molecule has 0 spiro atoms. The zero-order chi connectivity index (χ0) is 18.7. The highest BCUT2D eigenvalue weighted by Crippen LogP contribution is 2.32. The minimum absolute atomic E-state index is 0.115. The van der Waals surface area contributed by atoms with Crippen LogP contribution in [0.1, 0.15) is 29.5 Å². The van der Waals surface area contributed by atoms with Crippen LogP contribution >= 0.6 is 0 Å². The van der Waals surface area contributed by atoms with Gasteiger partial charge in [-0.25, -0.2) is 15.2 Å². The Morgan fingerprint density at radius 2 is 1.77 bits per heavy atom. The maximum absolute atomic E-state index is 13.2. The van der Waals surface area contributed by atoms with Gasteiger partial charge in [-0.15, -0.1) is 0 Å². The summed E-state index contributed by atoms with van der Waals surface area (Å²) in [7, 11) is 0. The molecule has 0 aromatic heterocycles. The van der Waals surface area contributed by atoms with Gasteiger partial charge in [0.05, 0.1) is 12.3 Å². The molecule has 2 atom stereocenters. The molecule has 0 saturated carbocycles. The van der Waals surface area contributed by atoms with E-state index >= 15 is 0 Å². The predicted octanol–water partition coefficient (Wildman–Crippen LogP) is 3.01. The van der Waals surface area contributed by atoms with Crippen LogP contribution in [0.2, 0.25) is 0 Å². The number of nitrogens with zero attached hydrogens (tertiary/aromatic N) is 1. The Labute approximate surface area is 153 Å². The summed E-state index contributed by atoms with van der Waals surface area (Å²) < 4.78 is 5.00. The van der Waals surface area contributed by atoms with E-state index in [9.17, 15) is 9.59 Å². The number of amides is 2. The number of aryl methyl sites for hydroxylation is 2. The Bertz CT molecular complexity index is 821. The van der Waals surface area contributed by atoms with Gasteiger partial charge in [0.1, 0.15) is 12.1 Å². The van der Waals surface area contributed by atoms with E-state index in [1.165, 1.54) is 5.01 Å². The van der Waals surface area contributed by atoms with Crippen molar-refractivity contribution in [2.45, 2.75) is 32.9 Å². The molecule has 6 nitrogen and oxygen atoms in total. The third kappa shape index (κ3) is 3.41. The Balaban J connectivity index is 1.98. The summed E-state index contributed by atoms with van der Waals surface area (Å²) in [5.74, 6) is -0.657. The molecule has 1 fully saturated rings. The van der Waals surface area contributed by atoms with Crippen molar-refractivity contribution in [3.63, 3.8) is 0 Å². The van der Waals surface area contributed by atoms with Crippen molar-refractivity contribution >= 4 is 17.7 Å². The molecule has 0 aliphatic carbocycles. The number of rotatable bonds is 4. The molecule has 136 valence electrons. The third-order valence-electron chi connectivity index (χ3n) is 4.52. The lowest BCUT2D eigenvalue weighted by Gasteiger charge is -2.20. The van der Waals surface area contributed by atoms with Crippen molar-refractivity contribution in [3.05, 3.63) is 65.2 Å². The second kappa shape index (κ2) is 7.58. The fourth-order valence-electron chi connectivity index (χ4n) is 3.23. The Morgan fingerprint density at radius 1 is 1.12 bits per heavy atom. The fraction of sp³-hybridized carbons (Fsp3) is 0.300. The average molecular weight is 353 g/mol. The van der Waals surface area contributed by atoms with Crippen LogP contribution < -0.4 is 15.8 Å². The number of hydrazine groups is 1. The third-order valence-corrected chi connectivity index (χ3v) is 4.52. The second-order valence-electron chi connectivity index (χ2n) is 6.27. The van der Waals surface area contributed by atoms with Gasteiger partial charge >= 0.3 is 6.09 Å². The number of nitrogens with one attached hydrogen (secondary N) is 2. The van der Waals surface area contributed by atoms with Crippen LogP contribution in [0.5, 0.6) is 0 Å². The number of benzene rings is 2. The monoisotopic (exact) mass is 353 g/mol. The second-order valence-corrected chi connectivity index (χ2v) is 6.27. The fourth-order valence-corrected chi connectivity index (χ4v) is 3.23. The lowest BCUT2D eigenvalue weighted by Crippen LogP contribution is -2.48. The summed E-state index contributed by atoms with van der Waals surface area (Å²) >= 11 is 0. The summed E-state index contributed by atoms with van der Waals surface area (Å²) in [6.07, 6.45) is -1.15. The van der Waals surface area contributed by atoms with Gasteiger partial charge in [-0.3, -0.25) is 4.79 Å². The van der Waals surface area contributed by atoms with Crippen molar-refractivity contribution in [1.29, 1.82) is 0 Å². The number of hydrogen-bond donors (Lipinski definition) is 2. The average Bonchev–Trinajstić information content (AvgIpc) is 2.92. The van der Waals surface area contributed by atoms with Crippen molar-refractivity contribution in [2.75, 3.05) is 11.6 Å². The molecule has 6 heteroatoms. The van der Waals surface area contributed by atoms with E-state index in [0.717, 1.165) is 22.4 Å². The van der Waals surface area contributed by atoms with E-state index in [1.807, 2.05) is 62.4 Å². The molecule has 2 aromatic rings. The van der Waals surface area contributed by atoms with Crippen molar-refractivity contribution in [3.8, 4) is 0 Å². The van der Waals surface area contributed by atoms with E-state index in [-0.39, 0.29) is 12.5 Å². The molecular weight excluding hydrogens is 330 g/mol. The highest BCUT2D eigenvalue weighted by molar-refractivity contribution is 6.01. The first-order chi connectivity index (χ1) is 12.5. The molecular formula is C20H23N3O3. The van der Waals surface area contributed by atoms with Gasteiger partial charge in [0.15, 0.2) is 0 Å². The molecule has 3 rings (SSSR count). The molecule has 2 amide bonds. The van der Waals surface area contributed by atoms with Crippen LogP contribution in [0.15, 0.2) is 48.5 Å². The molecule has 1 aliphatic heterocycles. The molecule has 26 heavy (non-hydrogen) atoms. The molecule has 2 N–H and O–H groups in total. The van der Waals surface area contributed by atoms with Gasteiger partial charge in [0, 0.05) is 0 Å². The summed E-state index contributed by atoms with van der Waals surface area (Å²) in [4.78, 5) is 25.2. The largest absolute Gasteiger partial charge is 0.450 e. The highest BCUT2D eigenvalue weighted by Gasteiger charge is 2.43. The predicted molar refractivity (Wildman–Crippen MR) is 99.7 cm³/mol. The van der Waals surface area contributed by atoms with Gasteiger partial charge in [0.2, 0.25) is 0 Å². The van der Waals surface area contributed by atoms with Crippen LogP contribution in [0.4, 0.5) is 10.5 Å². The zero-order valence-electron chi connectivity index (χ0n) is 15.2. The lowest BCUT2D eigenvalue weighted by molar-refractivity contribution is -0.118. The van der Waals surface area contributed by atoms with Crippen LogP contribution in [-0.2, 0) is 9.53 Å². The zero-order valence-corrected chi connectivity index (χ0v) is 15.2. The van der Waals surface area contributed by atoms with Gasteiger partial charge in [-0.1, -0.05) is 42.5 Å². The van der Waals surface area contributed by atoms with Gasteiger partial charge in [0.25, 0.3) is 5.91 Å². The summed E-state index contributed by atoms with van der Waals surface area (Å²) in [5, 5.41) is 4.29. The number of alkyl carbamates (subject to hydrolysis) is 1. The molecule has 2 aromatic carbocycles. The molecule has 0 bridgehead atoms. The smallest absolute Gasteiger partial charge is 0.408 e. The maximum Gasteiger partial charge on any atom is 0.408 e. The quantitative estimate of drug-likeness (QED) is 0.886. The molecule has 1 saturated heterocycles. The molecule has 1 aliphatic rings. The SMILES string of the molecule is CCOC(=O)NC1NN(c2ccccc2C)C(=O)C1c1ccccc1C. The summed E-state index contributed by atoms with van der Waals surface area (Å²) in [6, 6.07) is 15.3. The Kier molecular flexibility index (Phi) is 5.23. The number of hydrogen-bond acceptors (Lipinski definition) is 4. The first-order valence-electron chi connectivity index (χ1n) is 8.67. The standard InChI is InChI=1S/C20H23N3O3/c1-4-26-20(25)21-18-17(15-11-7-5-9-13(15)2)19(24)23(22-18)16-12-8-6-10-14(16)3/h5-12,17-18,22H,4H2,1-3H3,(H,21,25). The molecule has 2 unspecified atom stereocenters. The van der Waals surface area contributed by atoms with Gasteiger partial charge in [-0.2, -0.15) is 0 Å². The first kappa shape index (κ1) is 17.9. The maximum atomic E-state index is 13.2. The minimum atomic E-state index is -0.595. The first-order valence-corrected chi connectivity index (χ1v) is 8.67. The highest BCUT2D eigenvalue weighted by atomic mass is 16.5. The van der Waals surface area contributed by atoms with Crippen molar-refractivity contribution < 1.29 is 14.3 Å². The minimum Gasteiger partial charge on any atom is -0.450 e. The van der Waals surface area contributed by atoms with E-state index in [0.29, 0.717) is 0 Å². The normalized spacial score (nSPS) is 19.5. The lowest BCUT2D eigenvalue weighted by atomic mass is 9.92. The van der Waals surface area contributed by atoms with E-state index < -0.39 is 18.2 Å². The topological polar surface area (TPSA) is 70.7 Å². The summed E-state index contributed by atoms with van der Waals surface area (Å²) in [5.41, 5.74) is 6.74. The van der Waals surface area contributed by atoms with Crippen LogP contribution in [0.25, 0.3) is 0 Å². The van der Waals surface area contributed by atoms with Gasteiger partial charge in [-0.05, 0) is 43.5 Å². The van der Waals surface area contributed by atoms with Crippen molar-refractivity contribution in [2.24, 2.45) is 0 Å². The van der Waals surface area contributed by atoms with Crippen LogP contribution in [0.3, 0.4) is 0 Å². The summed E-state index contributed by atoms with van der Waals surface area (Å²) in [6.45, 7) is 5.91. The molecule has 1 heterocycles. The number of para-hydroxylation sites is 1. The van der Waals surface area contributed by atoms with E-state index in [4.69, 9.17) is 4.74 Å². The number of ether oxygens (including phenoxy) is 1. The van der Waals surface area contributed by atoms with Crippen LogP contribution in [0, 0.1) is 13.8 Å². The number of carbonyl (C=O) groups is 2. The van der Waals surface area contributed by atoms with E-state index in [1.54, 1.807) is 6.92 Å². The Hall–Kier alpha value is -2.86. The Morgan fingerprint density at radius 3 is 2.42 bits per heavy atom. The number of anilines is 1. The molecule has 0 radical (unpaired) electrons. The van der Waals surface area contributed by atoms with Gasteiger partial charge < -0.3 is 10.1 Å². The van der Waals surface area contributed by atoms with Crippen LogP contribution in [-0.4, -0.2) is 24.8 Å². The van der Waals surface area contributed by atoms with E-state index in [2.05, 4.69) is 10.7 Å². The van der Waals surface area contributed by atoms with Crippen molar-refractivity contribution in [1.82, 2.24) is 10.7 Å². The number of carbonyl (C=O) groups excluding carboxylic acids is 2.